The van der Waals surface area contributed by atoms with Gasteiger partial charge in [-0.1, -0.05) is 12.1 Å². The average Bonchev–Trinajstić information content (AvgIpc) is 3.01. The molecule has 112 valence electrons. The van der Waals surface area contributed by atoms with Crippen LogP contribution in [0.4, 0.5) is 0 Å². The quantitative estimate of drug-likeness (QED) is 0.862. The molecule has 1 unspecified atom stereocenters. The van der Waals surface area contributed by atoms with Crippen molar-refractivity contribution in [3.8, 4) is 0 Å². The lowest BCUT2D eigenvalue weighted by molar-refractivity contribution is 0.0530. The molecule has 0 bridgehead atoms. The number of ether oxygens (including phenoxy) is 1. The Morgan fingerprint density at radius 1 is 1.33 bits per heavy atom. The number of carbonyl (C=O) groups excluding carboxylic acids is 1. The maximum Gasteiger partial charge on any atom is 0.251 e. The van der Waals surface area contributed by atoms with Gasteiger partial charge < -0.3 is 15.2 Å². The molecular weight excluding hydrogens is 286 g/mol. The molecule has 21 heavy (non-hydrogen) atoms. The highest BCUT2D eigenvalue weighted by atomic mass is 32.1. The zero-order valence-electron chi connectivity index (χ0n) is 12.1. The first-order chi connectivity index (χ1) is 10.0. The summed E-state index contributed by atoms with van der Waals surface area (Å²) in [5.41, 5.74) is 1.32. The molecular formula is C16H19NO3S. The van der Waals surface area contributed by atoms with E-state index in [1.165, 1.54) is 11.3 Å². The molecule has 0 aliphatic carbocycles. The van der Waals surface area contributed by atoms with Crippen LogP contribution >= 0.6 is 11.3 Å². The van der Waals surface area contributed by atoms with E-state index in [0.717, 1.165) is 11.1 Å². The molecule has 0 saturated carbocycles. The predicted octanol–water partition coefficient (Wildman–Crippen LogP) is 2.53. The van der Waals surface area contributed by atoms with Crippen molar-refractivity contribution in [2.75, 3.05) is 13.7 Å². The van der Waals surface area contributed by atoms with Crippen molar-refractivity contribution in [2.24, 2.45) is 0 Å². The molecule has 0 radical (unpaired) electrons. The summed E-state index contributed by atoms with van der Waals surface area (Å²) in [5.74, 6) is -0.200. The second kappa shape index (κ2) is 6.85. The van der Waals surface area contributed by atoms with Crippen LogP contribution in [0.2, 0.25) is 0 Å². The van der Waals surface area contributed by atoms with Crippen LogP contribution in [0, 0.1) is 0 Å². The molecule has 1 amide bonds. The van der Waals surface area contributed by atoms with Crippen molar-refractivity contribution in [1.82, 2.24) is 5.32 Å². The zero-order chi connectivity index (χ0) is 15.3. The average molecular weight is 305 g/mol. The van der Waals surface area contributed by atoms with Gasteiger partial charge in [0.15, 0.2) is 0 Å². The topological polar surface area (TPSA) is 58.6 Å². The van der Waals surface area contributed by atoms with Gasteiger partial charge >= 0.3 is 0 Å². The van der Waals surface area contributed by atoms with E-state index in [1.54, 1.807) is 26.2 Å². The van der Waals surface area contributed by atoms with E-state index in [-0.39, 0.29) is 12.5 Å². The second-order valence-electron chi connectivity index (χ2n) is 5.10. The number of thiophene rings is 1. The summed E-state index contributed by atoms with van der Waals surface area (Å²) < 4.78 is 5.03. The Labute approximate surface area is 128 Å². The lowest BCUT2D eigenvalue weighted by atomic mass is 9.99. The van der Waals surface area contributed by atoms with Crippen LogP contribution in [0.1, 0.15) is 28.4 Å². The third kappa shape index (κ3) is 4.14. The van der Waals surface area contributed by atoms with Crippen molar-refractivity contribution >= 4 is 17.2 Å². The van der Waals surface area contributed by atoms with E-state index in [4.69, 9.17) is 4.74 Å². The van der Waals surface area contributed by atoms with Crippen LogP contribution in [0.5, 0.6) is 0 Å². The summed E-state index contributed by atoms with van der Waals surface area (Å²) in [6, 6.07) is 9.08. The standard InChI is InChI=1S/C16H19NO3S/c1-16(19,14-7-8-21-10-14)11-17-15(18)13-5-3-12(4-6-13)9-20-2/h3-8,10,19H,9,11H2,1-2H3,(H,17,18). The predicted molar refractivity (Wildman–Crippen MR) is 83.4 cm³/mol. The van der Waals surface area contributed by atoms with Crippen LogP contribution in [0.15, 0.2) is 41.1 Å². The fraction of sp³-hybridized carbons (Fsp3) is 0.312. The monoisotopic (exact) mass is 305 g/mol. The molecule has 0 spiro atoms. The van der Waals surface area contributed by atoms with E-state index < -0.39 is 5.60 Å². The molecule has 2 aromatic rings. The van der Waals surface area contributed by atoms with Gasteiger partial charge in [0.25, 0.3) is 5.91 Å². The number of hydrogen-bond donors (Lipinski definition) is 2. The summed E-state index contributed by atoms with van der Waals surface area (Å²) in [6.45, 7) is 2.38. The third-order valence-corrected chi connectivity index (χ3v) is 3.95. The summed E-state index contributed by atoms with van der Waals surface area (Å²) in [5, 5.41) is 16.9. The normalized spacial score (nSPS) is 13.7. The molecule has 1 aromatic carbocycles. The first kappa shape index (κ1) is 15.7. The van der Waals surface area contributed by atoms with E-state index in [1.807, 2.05) is 29.0 Å². The Hall–Kier alpha value is -1.69. The molecule has 1 aromatic heterocycles. The molecule has 5 heteroatoms. The minimum absolute atomic E-state index is 0.169. The summed E-state index contributed by atoms with van der Waals surface area (Å²) in [4.78, 5) is 12.1. The number of rotatable bonds is 6. The molecule has 1 atom stereocenters. The molecule has 0 saturated heterocycles. The van der Waals surface area contributed by atoms with E-state index in [2.05, 4.69) is 5.32 Å². The lowest BCUT2D eigenvalue weighted by Crippen LogP contribution is -2.38. The molecule has 0 aliphatic rings. The van der Waals surface area contributed by atoms with Crippen molar-refractivity contribution in [3.63, 3.8) is 0 Å². The van der Waals surface area contributed by atoms with E-state index in [9.17, 15) is 9.90 Å². The highest BCUT2D eigenvalue weighted by Crippen LogP contribution is 2.22. The van der Waals surface area contributed by atoms with Crippen molar-refractivity contribution in [2.45, 2.75) is 19.1 Å². The van der Waals surface area contributed by atoms with Crippen molar-refractivity contribution in [1.29, 1.82) is 0 Å². The number of carbonyl (C=O) groups is 1. The molecule has 2 rings (SSSR count). The van der Waals surface area contributed by atoms with Crippen molar-refractivity contribution < 1.29 is 14.6 Å². The number of aliphatic hydroxyl groups is 1. The third-order valence-electron chi connectivity index (χ3n) is 3.26. The smallest absolute Gasteiger partial charge is 0.251 e. The van der Waals surface area contributed by atoms with Gasteiger partial charge in [-0.05, 0) is 47.0 Å². The Bertz CT molecular complexity index is 576. The number of methoxy groups -OCH3 is 1. The van der Waals surface area contributed by atoms with Gasteiger partial charge in [-0.3, -0.25) is 4.79 Å². The summed E-state index contributed by atoms with van der Waals surface area (Å²) >= 11 is 1.52. The molecule has 0 aliphatic heterocycles. The lowest BCUT2D eigenvalue weighted by Gasteiger charge is -2.22. The fourth-order valence-electron chi connectivity index (χ4n) is 1.95. The van der Waals surface area contributed by atoms with Gasteiger partial charge in [0, 0.05) is 12.7 Å². The number of nitrogens with one attached hydrogen (secondary N) is 1. The summed E-state index contributed by atoms with van der Waals surface area (Å²) in [6.07, 6.45) is 0. The van der Waals surface area contributed by atoms with Crippen LogP contribution in [-0.4, -0.2) is 24.7 Å². The molecule has 2 N–H and O–H groups in total. The fourth-order valence-corrected chi connectivity index (χ4v) is 2.73. The number of amides is 1. The number of benzene rings is 1. The second-order valence-corrected chi connectivity index (χ2v) is 5.88. The summed E-state index contributed by atoms with van der Waals surface area (Å²) in [7, 11) is 1.63. The first-order valence-electron chi connectivity index (χ1n) is 6.64. The largest absolute Gasteiger partial charge is 0.384 e. The minimum Gasteiger partial charge on any atom is -0.384 e. The van der Waals surface area contributed by atoms with Crippen LogP contribution < -0.4 is 5.32 Å². The Morgan fingerprint density at radius 3 is 2.62 bits per heavy atom. The Balaban J connectivity index is 1.95. The van der Waals surface area contributed by atoms with Crippen LogP contribution in [0.3, 0.4) is 0 Å². The maximum atomic E-state index is 12.1. The number of hydrogen-bond acceptors (Lipinski definition) is 4. The SMILES string of the molecule is COCc1ccc(C(=O)NCC(C)(O)c2ccsc2)cc1. The van der Waals surface area contributed by atoms with Gasteiger partial charge in [-0.25, -0.2) is 0 Å². The van der Waals surface area contributed by atoms with Gasteiger partial charge in [0.1, 0.15) is 5.60 Å². The zero-order valence-corrected chi connectivity index (χ0v) is 12.9. The van der Waals surface area contributed by atoms with E-state index >= 15 is 0 Å². The van der Waals surface area contributed by atoms with Crippen LogP contribution in [0.25, 0.3) is 0 Å². The van der Waals surface area contributed by atoms with Gasteiger partial charge in [0.05, 0.1) is 13.2 Å². The first-order valence-corrected chi connectivity index (χ1v) is 7.58. The van der Waals surface area contributed by atoms with Gasteiger partial charge in [0.2, 0.25) is 0 Å². The Kier molecular flexibility index (Phi) is 5.12. The van der Waals surface area contributed by atoms with Crippen molar-refractivity contribution in [3.05, 3.63) is 57.8 Å². The van der Waals surface area contributed by atoms with E-state index in [0.29, 0.717) is 12.2 Å². The molecule has 1 heterocycles. The van der Waals surface area contributed by atoms with Crippen LogP contribution in [-0.2, 0) is 16.9 Å². The van der Waals surface area contributed by atoms with Gasteiger partial charge in [-0.2, -0.15) is 11.3 Å². The highest BCUT2D eigenvalue weighted by Gasteiger charge is 2.24. The minimum atomic E-state index is -1.06. The Morgan fingerprint density at radius 2 is 2.05 bits per heavy atom. The molecule has 4 nitrogen and oxygen atoms in total. The maximum absolute atomic E-state index is 12.1. The highest BCUT2D eigenvalue weighted by molar-refractivity contribution is 7.08. The van der Waals surface area contributed by atoms with Gasteiger partial charge in [-0.15, -0.1) is 0 Å². The molecule has 0 fully saturated rings.